The van der Waals surface area contributed by atoms with Crippen LogP contribution in [0.1, 0.15) is 53.9 Å². The van der Waals surface area contributed by atoms with Crippen molar-refractivity contribution >= 4 is 17.5 Å². The minimum atomic E-state index is -1.69. The molecule has 1 heterocycles. The maximum atomic E-state index is 13.9. The second-order valence-electron chi connectivity index (χ2n) is 9.97. The topological polar surface area (TPSA) is 110 Å². The summed E-state index contributed by atoms with van der Waals surface area (Å²) in [4.78, 5) is 39.9. The SMILES string of the molecule is COC1=C(C)[C@]2(O)CC(=O)O[C@@H]3C[C@H]4[C@H](C)C[C@H](O)C(=O)[C@]4(C)[C@@](C)(C1=O)[C@@]32C. The molecule has 0 spiro atoms. The minimum absolute atomic E-state index is 0.0108. The van der Waals surface area contributed by atoms with E-state index in [9.17, 15) is 24.6 Å². The molecule has 0 unspecified atom stereocenters. The second kappa shape index (κ2) is 5.70. The fraction of sp³-hybridized carbons (Fsp3) is 0.773. The predicted molar refractivity (Wildman–Crippen MR) is 101 cm³/mol. The Kier molecular flexibility index (Phi) is 4.03. The van der Waals surface area contributed by atoms with Crippen molar-refractivity contribution in [2.45, 2.75) is 71.7 Å². The van der Waals surface area contributed by atoms with Crippen LogP contribution in [0.4, 0.5) is 0 Å². The molecule has 4 rings (SSSR count). The van der Waals surface area contributed by atoms with Crippen molar-refractivity contribution in [2.75, 3.05) is 7.11 Å². The van der Waals surface area contributed by atoms with Crippen LogP contribution in [0.2, 0.25) is 0 Å². The van der Waals surface area contributed by atoms with Gasteiger partial charge in [-0.05, 0) is 31.6 Å². The van der Waals surface area contributed by atoms with Gasteiger partial charge < -0.3 is 19.7 Å². The van der Waals surface area contributed by atoms with Gasteiger partial charge >= 0.3 is 5.97 Å². The molecule has 0 aromatic rings. The van der Waals surface area contributed by atoms with Crippen molar-refractivity contribution in [3.63, 3.8) is 0 Å². The van der Waals surface area contributed by atoms with Crippen LogP contribution in [-0.4, -0.2) is 52.7 Å². The van der Waals surface area contributed by atoms with Gasteiger partial charge in [0.2, 0.25) is 5.78 Å². The van der Waals surface area contributed by atoms with Gasteiger partial charge in [-0.15, -0.1) is 0 Å². The Balaban J connectivity index is 2.10. The molecule has 8 atom stereocenters. The molecular formula is C22H30O7. The molecule has 4 aliphatic rings. The van der Waals surface area contributed by atoms with Gasteiger partial charge in [-0.25, -0.2) is 0 Å². The highest BCUT2D eigenvalue weighted by Gasteiger charge is 2.82. The molecule has 0 aromatic heterocycles. The number of fused-ring (bicyclic) bond motifs is 2. The van der Waals surface area contributed by atoms with E-state index in [1.165, 1.54) is 7.11 Å². The van der Waals surface area contributed by atoms with Gasteiger partial charge in [0.05, 0.1) is 24.4 Å². The lowest BCUT2D eigenvalue weighted by Crippen LogP contribution is -2.80. The first-order valence-electron chi connectivity index (χ1n) is 10.3. The molecule has 3 aliphatic carbocycles. The third kappa shape index (κ3) is 1.90. The van der Waals surface area contributed by atoms with Gasteiger partial charge in [-0.3, -0.25) is 14.4 Å². The van der Waals surface area contributed by atoms with Crippen molar-refractivity contribution < 1.29 is 34.1 Å². The summed E-state index contributed by atoms with van der Waals surface area (Å²) in [5.41, 5.74) is -5.31. The fourth-order valence-corrected chi connectivity index (χ4v) is 7.40. The Hall–Kier alpha value is -1.73. The minimum Gasteiger partial charge on any atom is -0.493 e. The third-order valence-electron chi connectivity index (χ3n) is 9.39. The number of carbonyl (C=O) groups excluding carboxylic acids is 3. The van der Waals surface area contributed by atoms with Crippen molar-refractivity contribution in [3.8, 4) is 0 Å². The average Bonchev–Trinajstić information content (AvgIpc) is 2.64. The molecular weight excluding hydrogens is 376 g/mol. The van der Waals surface area contributed by atoms with Gasteiger partial charge in [-0.1, -0.05) is 27.7 Å². The summed E-state index contributed by atoms with van der Waals surface area (Å²) in [6.07, 6.45) is -1.54. The lowest BCUT2D eigenvalue weighted by atomic mass is 9.32. The van der Waals surface area contributed by atoms with Crippen LogP contribution in [0.25, 0.3) is 0 Å². The number of allylic oxidation sites excluding steroid dienone is 1. The Labute approximate surface area is 170 Å². The highest BCUT2D eigenvalue weighted by atomic mass is 16.6. The van der Waals surface area contributed by atoms with Gasteiger partial charge in [0.1, 0.15) is 17.8 Å². The van der Waals surface area contributed by atoms with E-state index in [2.05, 4.69) is 0 Å². The summed E-state index contributed by atoms with van der Waals surface area (Å²) in [5.74, 6) is -1.64. The zero-order chi connectivity index (χ0) is 21.7. The molecule has 1 saturated heterocycles. The molecule has 2 N–H and O–H groups in total. The summed E-state index contributed by atoms with van der Waals surface area (Å²) in [6, 6.07) is 0. The van der Waals surface area contributed by atoms with Gasteiger partial charge in [0.25, 0.3) is 0 Å². The molecule has 0 amide bonds. The molecule has 1 aliphatic heterocycles. The van der Waals surface area contributed by atoms with E-state index >= 15 is 0 Å². The maximum absolute atomic E-state index is 13.9. The zero-order valence-electron chi connectivity index (χ0n) is 17.9. The van der Waals surface area contributed by atoms with Crippen LogP contribution in [0.5, 0.6) is 0 Å². The smallest absolute Gasteiger partial charge is 0.309 e. The van der Waals surface area contributed by atoms with E-state index in [4.69, 9.17) is 9.47 Å². The molecule has 2 saturated carbocycles. The molecule has 3 fully saturated rings. The highest BCUT2D eigenvalue weighted by Crippen LogP contribution is 2.74. The number of ether oxygens (including phenoxy) is 2. The van der Waals surface area contributed by atoms with Gasteiger partial charge in [0, 0.05) is 11.0 Å². The van der Waals surface area contributed by atoms with E-state index in [1.807, 2.05) is 6.92 Å². The summed E-state index contributed by atoms with van der Waals surface area (Å²) in [6.45, 7) is 8.73. The van der Waals surface area contributed by atoms with E-state index in [0.717, 1.165) is 0 Å². The lowest BCUT2D eigenvalue weighted by molar-refractivity contribution is -0.285. The monoisotopic (exact) mass is 406 g/mol. The normalized spacial score (nSPS) is 51.9. The summed E-state index contributed by atoms with van der Waals surface area (Å²) in [7, 11) is 1.35. The molecule has 0 bridgehead atoms. The van der Waals surface area contributed by atoms with Crippen LogP contribution < -0.4 is 0 Å². The van der Waals surface area contributed by atoms with Crippen molar-refractivity contribution in [2.24, 2.45) is 28.1 Å². The number of hydrogen-bond acceptors (Lipinski definition) is 7. The average molecular weight is 406 g/mol. The summed E-state index contributed by atoms with van der Waals surface area (Å²) >= 11 is 0. The number of hydrogen-bond donors (Lipinski definition) is 2. The Morgan fingerprint density at radius 1 is 1.14 bits per heavy atom. The van der Waals surface area contributed by atoms with Crippen LogP contribution in [-0.2, 0) is 23.9 Å². The summed E-state index contributed by atoms with van der Waals surface area (Å²) in [5, 5.41) is 22.5. The standard InChI is InChI=1S/C22H30O7/c1-10-7-13(23)17(25)19(3)12(10)8-14-20(4)21(19,5)18(26)16(28-6)11(2)22(20,27)9-15(24)29-14/h10,12-14,23,27H,7-9H2,1-6H3/t10-,12+,13+,14-,19-,20-,21-,22-/m1/s1. The van der Waals surface area contributed by atoms with Gasteiger partial charge in [-0.2, -0.15) is 0 Å². The number of methoxy groups -OCH3 is 1. The Morgan fingerprint density at radius 3 is 2.34 bits per heavy atom. The lowest BCUT2D eigenvalue weighted by Gasteiger charge is -2.71. The Morgan fingerprint density at radius 2 is 1.76 bits per heavy atom. The van der Waals surface area contributed by atoms with E-state index in [1.54, 1.807) is 27.7 Å². The first-order valence-corrected chi connectivity index (χ1v) is 10.3. The zero-order valence-corrected chi connectivity index (χ0v) is 17.9. The number of ketones is 2. The number of rotatable bonds is 1. The number of Topliss-reactive ketones (excluding diaryl/α,β-unsaturated/α-hetero) is 2. The van der Waals surface area contributed by atoms with Crippen LogP contribution in [0, 0.1) is 28.1 Å². The molecule has 7 heteroatoms. The number of carbonyl (C=O) groups is 3. The third-order valence-corrected chi connectivity index (χ3v) is 9.39. The highest BCUT2D eigenvalue weighted by molar-refractivity contribution is 6.07. The molecule has 29 heavy (non-hydrogen) atoms. The van der Waals surface area contributed by atoms with Crippen LogP contribution in [0.3, 0.4) is 0 Å². The van der Waals surface area contributed by atoms with Crippen LogP contribution in [0.15, 0.2) is 11.3 Å². The first kappa shape index (κ1) is 20.5. The van der Waals surface area contributed by atoms with E-state index in [-0.39, 0.29) is 35.6 Å². The second-order valence-corrected chi connectivity index (χ2v) is 9.97. The Bertz CT molecular complexity index is 861. The number of aliphatic hydroxyl groups is 2. The molecule has 0 aromatic carbocycles. The number of esters is 1. The van der Waals surface area contributed by atoms with E-state index < -0.39 is 40.0 Å². The van der Waals surface area contributed by atoms with Crippen molar-refractivity contribution in [3.05, 3.63) is 11.3 Å². The van der Waals surface area contributed by atoms with Gasteiger partial charge in [0.15, 0.2) is 11.5 Å². The molecule has 7 nitrogen and oxygen atoms in total. The first-order chi connectivity index (χ1) is 13.3. The largest absolute Gasteiger partial charge is 0.493 e. The fourth-order valence-electron chi connectivity index (χ4n) is 7.40. The predicted octanol–water partition coefficient (Wildman–Crippen LogP) is 1.54. The van der Waals surface area contributed by atoms with E-state index in [0.29, 0.717) is 18.4 Å². The summed E-state index contributed by atoms with van der Waals surface area (Å²) < 4.78 is 11.2. The van der Waals surface area contributed by atoms with Crippen LogP contribution >= 0.6 is 0 Å². The van der Waals surface area contributed by atoms with Crippen molar-refractivity contribution in [1.29, 1.82) is 0 Å². The molecule has 0 radical (unpaired) electrons. The molecule has 160 valence electrons. The maximum Gasteiger partial charge on any atom is 0.309 e. The van der Waals surface area contributed by atoms with Crippen molar-refractivity contribution in [1.82, 2.24) is 0 Å². The quantitative estimate of drug-likeness (QED) is 0.636. The number of aliphatic hydroxyl groups excluding tert-OH is 1.